The first-order chi connectivity index (χ1) is 17.7. The third-order valence-corrected chi connectivity index (χ3v) is 7.05. The van der Waals surface area contributed by atoms with Crippen molar-refractivity contribution in [2.45, 2.75) is 47.3 Å². The normalized spacial score (nSPS) is 16.2. The lowest BCUT2D eigenvalue weighted by Crippen LogP contribution is -2.32. The van der Waals surface area contributed by atoms with Crippen LogP contribution in [0.15, 0.2) is 60.8 Å². The van der Waals surface area contributed by atoms with Crippen LogP contribution in [0.4, 0.5) is 0 Å². The minimum atomic E-state index is -2.43. The molecule has 6 rings (SSSR count). The molecule has 0 aliphatic heterocycles. The zero-order valence-corrected chi connectivity index (χ0v) is 19.9. The minimum absolute atomic E-state index is 0.0613. The summed E-state index contributed by atoms with van der Waals surface area (Å²) in [6.07, 6.45) is 0.614. The maximum absolute atomic E-state index is 9.02. The summed E-state index contributed by atoms with van der Waals surface area (Å²) in [6, 6.07) is 19.1. The van der Waals surface area contributed by atoms with Gasteiger partial charge in [-0.05, 0) is 92.6 Å². The van der Waals surface area contributed by atoms with Crippen molar-refractivity contribution in [3.05, 3.63) is 88.6 Å². The summed E-state index contributed by atoms with van der Waals surface area (Å²) in [5.74, 6) is 0. The van der Waals surface area contributed by atoms with E-state index >= 15 is 0 Å². The van der Waals surface area contributed by atoms with E-state index < -0.39 is 18.6 Å². The Balaban J connectivity index is 1.73. The molecule has 0 saturated heterocycles. The van der Waals surface area contributed by atoms with Crippen LogP contribution >= 0.6 is 0 Å². The van der Waals surface area contributed by atoms with E-state index in [-0.39, 0.29) is 11.1 Å². The number of rotatable bonds is 2. The van der Waals surface area contributed by atoms with Crippen molar-refractivity contribution in [2.24, 2.45) is 12.5 Å². The maximum atomic E-state index is 9.02. The summed E-state index contributed by atoms with van der Waals surface area (Å²) >= 11 is 0. The van der Waals surface area contributed by atoms with Gasteiger partial charge in [0.15, 0.2) is 6.20 Å². The van der Waals surface area contributed by atoms with Crippen LogP contribution in [0.5, 0.6) is 0 Å². The number of aromatic nitrogens is 1. The van der Waals surface area contributed by atoms with Gasteiger partial charge in [-0.25, -0.2) is 4.57 Å². The molecule has 0 amide bonds. The van der Waals surface area contributed by atoms with Crippen LogP contribution in [-0.4, -0.2) is 0 Å². The number of fused-ring (bicyclic) bond motifs is 3. The molecule has 0 N–H and O–H groups in total. The van der Waals surface area contributed by atoms with Crippen molar-refractivity contribution in [1.29, 1.82) is 0 Å². The number of pyridine rings is 1. The van der Waals surface area contributed by atoms with Gasteiger partial charge in [0.25, 0.3) is 0 Å². The lowest BCUT2D eigenvalue weighted by molar-refractivity contribution is -0.660. The van der Waals surface area contributed by atoms with Crippen LogP contribution in [0.2, 0.25) is 0 Å². The Hall–Kier alpha value is -3.19. The van der Waals surface area contributed by atoms with Gasteiger partial charge in [0.2, 0.25) is 5.69 Å². The molecular weight excluding hydrogens is 398 g/mol. The molecule has 1 aromatic heterocycles. The first kappa shape index (κ1) is 15.6. The van der Waals surface area contributed by atoms with Crippen LogP contribution in [-0.2, 0) is 19.8 Å². The SMILES string of the molecule is [2H]C([2H])([2H])c1c[n+](C)c(-c2cc3c4ccccc4c4cccc5c4c3c(c2C)C5)cc1C([2H])([2H])C(C)(C)C. The van der Waals surface area contributed by atoms with Crippen LogP contribution < -0.4 is 4.57 Å². The Kier molecular flexibility index (Phi) is 3.27. The molecule has 0 fully saturated rings. The summed E-state index contributed by atoms with van der Waals surface area (Å²) in [5, 5.41) is 7.54. The Morgan fingerprint density at radius 1 is 0.939 bits per heavy atom. The predicted molar refractivity (Wildman–Crippen MR) is 141 cm³/mol. The molecule has 0 bridgehead atoms. The number of benzene rings is 4. The Labute approximate surface area is 203 Å². The van der Waals surface area contributed by atoms with Crippen molar-refractivity contribution in [3.8, 4) is 11.3 Å². The van der Waals surface area contributed by atoms with Crippen molar-refractivity contribution < 1.29 is 11.4 Å². The van der Waals surface area contributed by atoms with Crippen LogP contribution in [0.25, 0.3) is 43.6 Å². The highest BCUT2D eigenvalue weighted by atomic mass is 14.9. The lowest BCUT2D eigenvalue weighted by Gasteiger charge is -2.20. The third-order valence-electron chi connectivity index (χ3n) is 7.05. The van der Waals surface area contributed by atoms with Gasteiger partial charge in [-0.15, -0.1) is 0 Å². The molecule has 164 valence electrons. The molecule has 0 spiro atoms. The summed E-state index contributed by atoms with van der Waals surface area (Å²) in [4.78, 5) is 0. The molecule has 0 saturated carbocycles. The molecule has 4 aromatic carbocycles. The van der Waals surface area contributed by atoms with E-state index in [4.69, 9.17) is 6.85 Å². The monoisotopic (exact) mass is 435 g/mol. The maximum Gasteiger partial charge on any atom is 0.212 e. The lowest BCUT2D eigenvalue weighted by atomic mass is 9.85. The third kappa shape index (κ3) is 3.02. The topological polar surface area (TPSA) is 3.88 Å². The van der Waals surface area contributed by atoms with E-state index in [1.165, 1.54) is 43.4 Å². The quantitative estimate of drug-likeness (QED) is 0.193. The van der Waals surface area contributed by atoms with Gasteiger partial charge in [0.05, 0.1) is 0 Å². The number of hydrogen-bond donors (Lipinski definition) is 0. The fraction of sp³-hybridized carbons (Fsp3) is 0.281. The zero-order chi connectivity index (χ0) is 27.4. The highest BCUT2D eigenvalue weighted by Gasteiger charge is 2.26. The van der Waals surface area contributed by atoms with Gasteiger partial charge >= 0.3 is 0 Å². The van der Waals surface area contributed by atoms with Gasteiger partial charge < -0.3 is 0 Å². The number of aryl methyl sites for hydroxylation is 2. The van der Waals surface area contributed by atoms with Crippen LogP contribution in [0.3, 0.4) is 0 Å². The summed E-state index contributed by atoms with van der Waals surface area (Å²) in [6.45, 7) is 5.17. The van der Waals surface area contributed by atoms with Crippen molar-refractivity contribution >= 4 is 32.3 Å². The summed E-state index contributed by atoms with van der Waals surface area (Å²) in [5.41, 5.74) is 5.12. The molecule has 1 heteroatoms. The minimum Gasteiger partial charge on any atom is -0.201 e. The fourth-order valence-corrected chi connectivity index (χ4v) is 5.66. The Bertz CT molecular complexity index is 1810. The molecule has 5 aromatic rings. The second-order valence-electron chi connectivity index (χ2n) is 10.5. The van der Waals surface area contributed by atoms with Crippen molar-refractivity contribution in [1.82, 2.24) is 0 Å². The van der Waals surface area contributed by atoms with Gasteiger partial charge in [-0.1, -0.05) is 63.2 Å². The van der Waals surface area contributed by atoms with E-state index in [0.29, 0.717) is 0 Å². The first-order valence-electron chi connectivity index (χ1n) is 14.2. The molecule has 0 atom stereocenters. The molecular formula is C32H32N+. The highest BCUT2D eigenvalue weighted by molar-refractivity contribution is 6.29. The second kappa shape index (κ2) is 6.90. The molecule has 1 aliphatic carbocycles. The largest absolute Gasteiger partial charge is 0.212 e. The standard InChI is InChI=1S/C32H32N/c1-19-18-33(6)29(15-22(19)17-32(3,4)5)26-16-28-24-12-8-7-11-23(24)25-13-9-10-21-14-27(20(26)2)31(28)30(21)25/h7-13,15-16,18H,14,17H2,1-6H3/q+1/i1D3,17D2. The van der Waals surface area contributed by atoms with E-state index in [2.05, 4.69) is 55.5 Å². The van der Waals surface area contributed by atoms with Crippen LogP contribution in [0, 0.1) is 19.2 Å². The number of nitrogens with zero attached hydrogens (tertiary/aromatic N) is 1. The van der Waals surface area contributed by atoms with Crippen molar-refractivity contribution in [3.63, 3.8) is 0 Å². The average Bonchev–Trinajstić information content (AvgIpc) is 3.24. The number of hydrogen-bond acceptors (Lipinski definition) is 0. The smallest absolute Gasteiger partial charge is 0.201 e. The van der Waals surface area contributed by atoms with E-state index in [0.717, 1.165) is 23.2 Å². The molecule has 1 aliphatic rings. The van der Waals surface area contributed by atoms with E-state index in [1.54, 1.807) is 12.3 Å². The summed E-state index contributed by atoms with van der Waals surface area (Å²) in [7, 11) is 1.86. The first-order valence-corrected chi connectivity index (χ1v) is 11.7. The average molecular weight is 436 g/mol. The Morgan fingerprint density at radius 2 is 1.67 bits per heavy atom. The molecule has 1 nitrogen and oxygen atoms in total. The van der Waals surface area contributed by atoms with Gasteiger partial charge in [0.1, 0.15) is 7.05 Å². The summed E-state index contributed by atoms with van der Waals surface area (Å²) < 4.78 is 44.5. The highest BCUT2D eigenvalue weighted by Crippen LogP contribution is 2.46. The molecule has 0 radical (unpaired) electrons. The molecule has 0 unspecified atom stereocenters. The fourth-order valence-electron chi connectivity index (χ4n) is 5.66. The molecule has 33 heavy (non-hydrogen) atoms. The van der Waals surface area contributed by atoms with Crippen LogP contribution in [0.1, 0.15) is 55.4 Å². The Morgan fingerprint density at radius 3 is 2.39 bits per heavy atom. The van der Waals surface area contributed by atoms with E-state index in [9.17, 15) is 0 Å². The second-order valence-corrected chi connectivity index (χ2v) is 10.5. The predicted octanol–water partition coefficient (Wildman–Crippen LogP) is 7.75. The van der Waals surface area contributed by atoms with Crippen molar-refractivity contribution in [2.75, 3.05) is 0 Å². The van der Waals surface area contributed by atoms with Gasteiger partial charge in [-0.3, -0.25) is 0 Å². The molecule has 1 heterocycles. The van der Waals surface area contributed by atoms with Gasteiger partial charge in [-0.2, -0.15) is 0 Å². The van der Waals surface area contributed by atoms with Gasteiger partial charge in [0, 0.05) is 24.0 Å². The van der Waals surface area contributed by atoms with E-state index in [1.807, 2.05) is 32.4 Å². The zero-order valence-electron chi connectivity index (χ0n) is 24.9.